The molecule has 4 aromatic rings. The van der Waals surface area contributed by atoms with Crippen LogP contribution in [0, 0.1) is 13.8 Å². The summed E-state index contributed by atoms with van der Waals surface area (Å²) >= 11 is 1.40. The normalized spacial score (nSPS) is 10.8. The molecule has 210 valence electrons. The van der Waals surface area contributed by atoms with Crippen molar-refractivity contribution in [3.05, 3.63) is 52.3 Å². The largest absolute Gasteiger partial charge is 0.490 e. The van der Waals surface area contributed by atoms with Crippen LogP contribution in [-0.4, -0.2) is 56.5 Å². The molecule has 0 saturated carbocycles. The molecule has 0 radical (unpaired) electrons. The van der Waals surface area contributed by atoms with E-state index in [0.29, 0.717) is 34.2 Å². The number of aliphatic hydroxyl groups is 1. The first-order chi connectivity index (χ1) is 17.9. The molecular weight excluding hydrogens is 543 g/mol. The number of amides is 1. The monoisotopic (exact) mass is 569 g/mol. The number of carbonyl (C=O) groups excluding carboxylic acids is 1. The van der Waals surface area contributed by atoms with Crippen LogP contribution in [0.15, 0.2) is 34.3 Å². The highest BCUT2D eigenvalue weighted by Crippen LogP contribution is 2.34. The molecular formula is C24H26F3N5O6S. The molecule has 0 spiro atoms. The molecule has 3 aromatic heterocycles. The maximum Gasteiger partial charge on any atom is 0.490 e. The lowest BCUT2D eigenvalue weighted by Gasteiger charge is -2.11. The number of ether oxygens (including phenoxy) is 1. The lowest BCUT2D eigenvalue weighted by Crippen LogP contribution is -2.26. The van der Waals surface area contributed by atoms with Crippen LogP contribution >= 0.6 is 11.3 Å². The van der Waals surface area contributed by atoms with Gasteiger partial charge in [0, 0.05) is 29.3 Å². The van der Waals surface area contributed by atoms with E-state index in [2.05, 4.69) is 20.4 Å². The number of anilines is 1. The van der Waals surface area contributed by atoms with E-state index in [1.807, 2.05) is 30.5 Å². The van der Waals surface area contributed by atoms with E-state index in [1.54, 1.807) is 6.92 Å². The van der Waals surface area contributed by atoms with Crippen molar-refractivity contribution in [2.45, 2.75) is 34.1 Å². The summed E-state index contributed by atoms with van der Waals surface area (Å²) in [4.78, 5) is 29.7. The molecule has 5 N–H and O–H groups in total. The summed E-state index contributed by atoms with van der Waals surface area (Å²) in [6.45, 7) is 3.99. The minimum Gasteiger partial charge on any atom is -0.489 e. The Hall–Kier alpha value is -4.24. The Labute approximate surface area is 224 Å². The fourth-order valence-electron chi connectivity index (χ4n) is 3.12. The first kappa shape index (κ1) is 31.0. The molecule has 0 aliphatic carbocycles. The number of halogens is 3. The highest BCUT2D eigenvalue weighted by Gasteiger charge is 2.38. The zero-order valence-corrected chi connectivity index (χ0v) is 20.8. The number of fused-ring (bicyclic) bond motifs is 1. The van der Waals surface area contributed by atoms with Gasteiger partial charge in [-0.3, -0.25) is 4.79 Å². The minimum absolute atomic E-state index is 0. The number of carboxylic acids is 1. The summed E-state index contributed by atoms with van der Waals surface area (Å²) < 4.78 is 43.8. The van der Waals surface area contributed by atoms with Gasteiger partial charge in [-0.25, -0.2) is 9.78 Å². The number of nitrogens with one attached hydrogen (secondary N) is 1. The van der Waals surface area contributed by atoms with E-state index in [1.165, 1.54) is 17.5 Å². The molecule has 1 amide bonds. The molecule has 3 heterocycles. The summed E-state index contributed by atoms with van der Waals surface area (Å²) in [6.07, 6.45) is -3.63. The van der Waals surface area contributed by atoms with Gasteiger partial charge in [0.25, 0.3) is 11.8 Å². The summed E-state index contributed by atoms with van der Waals surface area (Å²) in [5.74, 6) is -1.07. The lowest BCUT2D eigenvalue weighted by molar-refractivity contribution is -0.192. The van der Waals surface area contributed by atoms with E-state index in [9.17, 15) is 18.0 Å². The van der Waals surface area contributed by atoms with Crippen LogP contribution in [-0.2, 0) is 11.4 Å². The molecule has 0 aliphatic rings. The Balaban J connectivity index is 0.000000592. The molecule has 0 saturated heterocycles. The number of aryl methyl sites for hydroxylation is 2. The maximum atomic E-state index is 12.4. The van der Waals surface area contributed by atoms with Gasteiger partial charge in [-0.2, -0.15) is 18.2 Å². The predicted molar refractivity (Wildman–Crippen MR) is 137 cm³/mol. The van der Waals surface area contributed by atoms with Crippen molar-refractivity contribution in [3.63, 3.8) is 0 Å². The standard InChI is InChI=1S/C21H21N5O4S.C2HF3O2.CH4/c1-11-3-4-13(21-25-12(2)26-30-21)7-16(11)29-9-14-10-31-18-15(20(28)23-5-6-27)8-24-19(22)17(14)18;3-2(4,5)1(6)7;/h3-4,7-8,10,27H,5-6,9H2,1-2H3,(H2,22,24)(H,23,28);(H,6,7);1H4. The number of hydrogen-bond donors (Lipinski definition) is 4. The van der Waals surface area contributed by atoms with Crippen molar-refractivity contribution < 1.29 is 42.2 Å². The molecule has 0 fully saturated rings. The van der Waals surface area contributed by atoms with E-state index < -0.39 is 12.1 Å². The van der Waals surface area contributed by atoms with Gasteiger partial charge in [0.1, 0.15) is 18.2 Å². The third kappa shape index (κ3) is 7.64. The Morgan fingerprint density at radius 3 is 2.54 bits per heavy atom. The van der Waals surface area contributed by atoms with Crippen LogP contribution in [0.4, 0.5) is 19.0 Å². The molecule has 4 rings (SSSR count). The Morgan fingerprint density at radius 1 is 1.26 bits per heavy atom. The van der Waals surface area contributed by atoms with Crippen molar-refractivity contribution in [1.29, 1.82) is 0 Å². The lowest BCUT2D eigenvalue weighted by atomic mass is 10.1. The van der Waals surface area contributed by atoms with Crippen LogP contribution in [0.5, 0.6) is 5.75 Å². The van der Waals surface area contributed by atoms with E-state index in [0.717, 1.165) is 21.4 Å². The first-order valence-corrected chi connectivity index (χ1v) is 11.7. The van der Waals surface area contributed by atoms with Crippen LogP contribution in [0.2, 0.25) is 0 Å². The van der Waals surface area contributed by atoms with Crippen LogP contribution < -0.4 is 15.8 Å². The smallest absolute Gasteiger partial charge is 0.489 e. The molecule has 11 nitrogen and oxygen atoms in total. The average molecular weight is 570 g/mol. The van der Waals surface area contributed by atoms with Gasteiger partial charge in [0.05, 0.1) is 16.9 Å². The Morgan fingerprint density at radius 2 is 1.95 bits per heavy atom. The molecule has 39 heavy (non-hydrogen) atoms. The number of aliphatic hydroxyl groups excluding tert-OH is 1. The third-order valence-electron chi connectivity index (χ3n) is 4.93. The van der Waals surface area contributed by atoms with Gasteiger partial charge in [-0.1, -0.05) is 18.6 Å². The number of carbonyl (C=O) groups is 2. The molecule has 15 heteroatoms. The van der Waals surface area contributed by atoms with Gasteiger partial charge in [0.15, 0.2) is 5.82 Å². The second-order valence-electron chi connectivity index (χ2n) is 7.72. The number of nitrogens with two attached hydrogens (primary N) is 1. The number of carboxylic acid groups (broad SMARTS) is 1. The second-order valence-corrected chi connectivity index (χ2v) is 8.60. The van der Waals surface area contributed by atoms with Crippen LogP contribution in [0.3, 0.4) is 0 Å². The van der Waals surface area contributed by atoms with Crippen molar-refractivity contribution in [1.82, 2.24) is 20.4 Å². The van der Waals surface area contributed by atoms with Crippen molar-refractivity contribution >= 4 is 39.1 Å². The number of pyridine rings is 1. The van der Waals surface area contributed by atoms with Crippen molar-refractivity contribution in [2.24, 2.45) is 0 Å². The Bertz CT molecular complexity index is 1450. The number of benzene rings is 1. The van der Waals surface area contributed by atoms with Gasteiger partial charge < -0.3 is 30.5 Å². The quantitative estimate of drug-likeness (QED) is 0.253. The summed E-state index contributed by atoms with van der Waals surface area (Å²) in [5.41, 5.74) is 9.08. The molecule has 0 bridgehead atoms. The van der Waals surface area contributed by atoms with Crippen LogP contribution in [0.25, 0.3) is 21.5 Å². The number of aliphatic carboxylic acids is 1. The van der Waals surface area contributed by atoms with Gasteiger partial charge in [-0.05, 0) is 36.9 Å². The number of nitrogens with zero attached hydrogens (tertiary/aromatic N) is 3. The average Bonchev–Trinajstić information content (AvgIpc) is 3.49. The number of rotatable bonds is 7. The number of thiophene rings is 1. The highest BCUT2D eigenvalue weighted by molar-refractivity contribution is 7.17. The van der Waals surface area contributed by atoms with Crippen molar-refractivity contribution in [3.8, 4) is 17.2 Å². The van der Waals surface area contributed by atoms with Gasteiger partial charge in [0.2, 0.25) is 0 Å². The zero-order valence-electron chi connectivity index (χ0n) is 20.0. The van der Waals surface area contributed by atoms with Crippen molar-refractivity contribution in [2.75, 3.05) is 18.9 Å². The van der Waals surface area contributed by atoms with E-state index in [-0.39, 0.29) is 33.1 Å². The number of aromatic nitrogens is 3. The summed E-state index contributed by atoms with van der Waals surface area (Å²) in [7, 11) is 0. The minimum atomic E-state index is -5.08. The van der Waals surface area contributed by atoms with E-state index >= 15 is 0 Å². The highest BCUT2D eigenvalue weighted by atomic mass is 32.1. The number of nitrogen functional groups attached to an aromatic ring is 1. The fourth-order valence-corrected chi connectivity index (χ4v) is 4.19. The molecule has 0 aliphatic heterocycles. The first-order valence-electron chi connectivity index (χ1n) is 10.8. The summed E-state index contributed by atoms with van der Waals surface area (Å²) in [6, 6.07) is 5.68. The van der Waals surface area contributed by atoms with Gasteiger partial charge in [-0.15, -0.1) is 11.3 Å². The number of hydrogen-bond acceptors (Lipinski definition) is 10. The predicted octanol–water partition coefficient (Wildman–Crippen LogP) is 4.12. The van der Waals surface area contributed by atoms with Gasteiger partial charge >= 0.3 is 12.1 Å². The van der Waals surface area contributed by atoms with E-state index in [4.69, 9.17) is 30.0 Å². The summed E-state index contributed by atoms with van der Waals surface area (Å²) in [5, 5.41) is 25.1. The topological polar surface area (TPSA) is 174 Å². The third-order valence-corrected chi connectivity index (χ3v) is 5.99. The second kappa shape index (κ2) is 13.0. The SMILES string of the molecule is C.Cc1noc(-c2ccc(C)c(OCc3csc4c(C(=O)NCCO)cnc(N)c34)c2)n1.O=C(O)C(F)(F)F. The maximum absolute atomic E-state index is 12.4. The molecule has 1 aromatic carbocycles. The molecule has 0 unspecified atom stereocenters. The zero-order chi connectivity index (χ0) is 28.0. The van der Waals surface area contributed by atoms with Crippen LogP contribution in [0.1, 0.15) is 34.7 Å². The Kier molecular flexibility index (Phi) is 10.3. The fraction of sp³-hybridized carbons (Fsp3) is 0.292. The number of alkyl halides is 3. The molecule has 0 atom stereocenters.